The Morgan fingerprint density at radius 2 is 1.42 bits per heavy atom. The highest BCUT2D eigenvalue weighted by atomic mass is 17.2. The lowest BCUT2D eigenvalue weighted by molar-refractivity contribution is -0.873. The van der Waals surface area contributed by atoms with Crippen molar-refractivity contribution in [1.82, 2.24) is 34.7 Å². The number of imidazole rings is 1. The molecule has 5 heterocycles. The highest BCUT2D eigenvalue weighted by molar-refractivity contribution is 6.05. The number of pyridine rings is 1. The molecule has 1 saturated heterocycles. The zero-order valence-electron chi connectivity index (χ0n) is 39.5. The highest BCUT2D eigenvalue weighted by Crippen LogP contribution is 2.40. The summed E-state index contributed by atoms with van der Waals surface area (Å²) in [6.07, 6.45) is 17.9. The first-order valence-electron chi connectivity index (χ1n) is 21.4. The van der Waals surface area contributed by atoms with E-state index in [1.807, 2.05) is 29.1 Å². The largest absolute Gasteiger partial charge is 0.489 e. The second kappa shape index (κ2) is 31.8. The van der Waals surface area contributed by atoms with E-state index in [2.05, 4.69) is 238 Å². The van der Waals surface area contributed by atoms with Crippen LogP contribution in [0.25, 0.3) is 17.1 Å². The van der Waals surface area contributed by atoms with Gasteiger partial charge in [0.2, 0.25) is 10.4 Å². The van der Waals surface area contributed by atoms with Crippen LogP contribution in [0.4, 0.5) is 11.4 Å². The van der Waals surface area contributed by atoms with Crippen molar-refractivity contribution < 1.29 is 46.7 Å². The van der Waals surface area contributed by atoms with Gasteiger partial charge in [-0.05, 0) is 148 Å². The van der Waals surface area contributed by atoms with Crippen molar-refractivity contribution in [2.75, 3.05) is 36.5 Å². The minimum absolute atomic E-state index is 0. The van der Waals surface area contributed by atoms with Gasteiger partial charge in [0, 0.05) is 100 Å². The fraction of sp³-hybridized carbons (Fsp3) is 0.192. The van der Waals surface area contributed by atoms with Crippen LogP contribution in [0.15, 0.2) is 79.5 Å². The number of amides is 1. The van der Waals surface area contributed by atoms with Gasteiger partial charge in [0.1, 0.15) is 17.5 Å². The molecule has 76 heavy (non-hydrogen) atoms. The monoisotopic (exact) mass is 1030 g/mol. The predicted molar refractivity (Wildman–Crippen MR) is 295 cm³/mol. The van der Waals surface area contributed by atoms with E-state index in [-0.39, 0.29) is 29.1 Å². The maximum Gasteiger partial charge on any atom is 0.274 e. The fourth-order valence-electron chi connectivity index (χ4n) is 5.89. The van der Waals surface area contributed by atoms with Crippen molar-refractivity contribution in [2.24, 2.45) is 42.4 Å². The Morgan fingerprint density at radius 1 is 0.829 bits per heavy atom. The molecule has 0 spiro atoms. The van der Waals surface area contributed by atoms with Crippen LogP contribution in [0, 0.1) is 160 Å². The molecule has 24 nitrogen and oxygen atoms in total. The summed E-state index contributed by atoms with van der Waals surface area (Å²) in [5.41, 5.74) is 4.45. The van der Waals surface area contributed by atoms with Crippen molar-refractivity contribution in [2.45, 2.75) is 38.3 Å². The number of morpholine rings is 1. The molecule has 1 atom stereocenters. The smallest absolute Gasteiger partial charge is 0.274 e. The van der Waals surface area contributed by atoms with Gasteiger partial charge in [-0.3, -0.25) is 10.1 Å². The van der Waals surface area contributed by atoms with Gasteiger partial charge in [0.05, 0.1) is 65.1 Å². The Kier molecular flexibility index (Phi) is 22.8. The van der Waals surface area contributed by atoms with E-state index in [0.717, 1.165) is 35.7 Å². The first-order valence-corrected chi connectivity index (χ1v) is 21.4. The molecule has 4 N–H and O–H groups in total. The SMILES string of the molecule is C#CC#CC#CC#CC#CC#CC#CC#CC#CC#CC#CC#CC#C.C[C@@H]1CN(c2cnc(C(=O)Nc3cccc4c3OCCn3nnnc3-4)cc2-n2cnc(C3CC3)c2)CCO1.NN=NN=NN=NN=[N+]([O-])OO.[HH].[HH].[HH].[HH].[HH].[HH].[HH].[HH].[HH].[HH].[HH].[HH]. The molecule has 3 aromatic heterocycles. The summed E-state index contributed by atoms with van der Waals surface area (Å²) in [5, 5.41) is 50.9. The summed E-state index contributed by atoms with van der Waals surface area (Å²) < 4.78 is 15.4. The molecule has 0 radical (unpaired) electrons. The number of benzene rings is 1. The number of hydrogen-bond acceptors (Lipinski definition) is 13. The minimum Gasteiger partial charge on any atom is -0.489 e. The van der Waals surface area contributed by atoms with Crippen molar-refractivity contribution in [3.8, 4) is 178 Å². The van der Waals surface area contributed by atoms with Crippen LogP contribution in [-0.2, 0) is 16.3 Å². The molecule has 0 unspecified atom stereocenters. The van der Waals surface area contributed by atoms with Gasteiger partial charge >= 0.3 is 0 Å². The zero-order chi connectivity index (χ0) is 53.8. The summed E-state index contributed by atoms with van der Waals surface area (Å²) in [4.78, 5) is 28.0. The normalized spacial score (nSPS) is 12.8. The number of aromatic nitrogens is 7. The molecule has 4 aromatic rings. The van der Waals surface area contributed by atoms with E-state index < -0.39 is 5.02 Å². The average Bonchev–Trinajstić information content (AvgIpc) is 4.04. The highest BCUT2D eigenvalue weighted by Gasteiger charge is 2.28. The van der Waals surface area contributed by atoms with Crippen LogP contribution >= 0.6 is 0 Å². The van der Waals surface area contributed by atoms with Crippen LogP contribution in [0.1, 0.15) is 59.0 Å². The van der Waals surface area contributed by atoms with Gasteiger partial charge in [-0.2, -0.15) is 0 Å². The molecule has 24 heteroatoms. The molecular weight excluding hydrogens is 973 g/mol. The van der Waals surface area contributed by atoms with Crippen LogP contribution in [-0.4, -0.2) is 83.3 Å². The van der Waals surface area contributed by atoms with Crippen molar-refractivity contribution >= 4 is 17.3 Å². The number of tetrazole rings is 1. The molecule has 3 aliphatic rings. The number of nitrogens with one attached hydrogen (secondary N) is 1. The Balaban J connectivity index is -0.000000190. The number of para-hydroxylation sites is 1. The third-order valence-corrected chi connectivity index (χ3v) is 8.99. The number of carbonyl (C=O) groups excluding carboxylic acids is 1. The second-order valence-corrected chi connectivity index (χ2v) is 13.9. The minimum atomic E-state index is -0.622. The van der Waals surface area contributed by atoms with E-state index in [1.165, 1.54) is 12.8 Å². The lowest BCUT2D eigenvalue weighted by Crippen LogP contribution is -2.41. The molecule has 7 rings (SSSR count). The number of anilines is 2. The molecule has 1 amide bonds. The molecule has 2 fully saturated rings. The average molecular weight is 1030 g/mol. The standard InChI is InChI=1S/C26H27N9O3.C26H2.H3N9O3.12H2/c1-16-13-33(7-9-37-16)23-12-27-20(11-22(23)34-14-21(28-15-34)17-5-6-17)26(36)29-19-4-2-3-18-24(19)38-10-8-35-25(18)30-31-32-35;1-3-5-7-9-11-13-15-17-19-21-23-25-26-24-22-20-18-16-14-12-10-8-6-4-2;1-2-3-4-5-6-7-8-9(10)12-11;;;;;;;;;;;;/h2-4,11-12,14-17H,5-10,13H2,1H3,(H,29,36);1-2H;11H,(H2,1,3,5,7);12*1H/t16-;;;;;;;;;;;;;;/m1............../s1. The van der Waals surface area contributed by atoms with Crippen LogP contribution in [0.5, 0.6) is 5.75 Å². The molecule has 1 aliphatic carbocycles. The summed E-state index contributed by atoms with van der Waals surface area (Å²) >= 11 is 0. The molecular formula is C52H56N18O6. The fourth-order valence-corrected chi connectivity index (χ4v) is 5.89. The molecule has 1 aromatic carbocycles. The number of carbonyl (C=O) groups is 1. The second-order valence-electron chi connectivity index (χ2n) is 13.9. The maximum atomic E-state index is 13.5. The summed E-state index contributed by atoms with van der Waals surface area (Å²) in [6, 6.07) is 7.35. The molecule has 0 bridgehead atoms. The summed E-state index contributed by atoms with van der Waals surface area (Å²) in [7, 11) is 0. The van der Waals surface area contributed by atoms with E-state index >= 15 is 0 Å². The zero-order valence-corrected chi connectivity index (χ0v) is 39.5. The van der Waals surface area contributed by atoms with E-state index in [1.54, 1.807) is 16.9 Å². The number of nitrogens with zero attached hydrogens (tertiary/aromatic N) is 16. The first kappa shape index (κ1) is 54.7. The Bertz CT molecular complexity index is 3710. The maximum absolute atomic E-state index is 13.5. The van der Waals surface area contributed by atoms with Crippen LogP contribution < -0.4 is 20.8 Å². The van der Waals surface area contributed by atoms with Gasteiger partial charge in [-0.1, -0.05) is 11.3 Å². The van der Waals surface area contributed by atoms with Gasteiger partial charge in [0.25, 0.3) is 5.91 Å². The van der Waals surface area contributed by atoms with Crippen LogP contribution in [0.3, 0.4) is 0 Å². The number of rotatable bonds is 9. The molecule has 2 aliphatic heterocycles. The Labute approximate surface area is 452 Å². The van der Waals surface area contributed by atoms with Crippen molar-refractivity contribution in [1.29, 1.82) is 0 Å². The lowest BCUT2D eigenvalue weighted by atomic mass is 10.1. The number of fused-ring (bicyclic) bond motifs is 3. The van der Waals surface area contributed by atoms with Gasteiger partial charge < -0.3 is 40.3 Å². The Morgan fingerprint density at radius 3 is 1.99 bits per heavy atom. The van der Waals surface area contributed by atoms with E-state index in [0.29, 0.717) is 48.6 Å². The van der Waals surface area contributed by atoms with Gasteiger partial charge in [-0.15, -0.1) is 17.9 Å². The summed E-state index contributed by atoms with van der Waals surface area (Å²) in [5.74, 6) is 64.0. The van der Waals surface area contributed by atoms with E-state index in [4.69, 9.17) is 27.6 Å². The third kappa shape index (κ3) is 18.9. The number of terminal acetylenes is 2. The predicted octanol–water partition coefficient (Wildman–Crippen LogP) is 6.24. The number of nitrogens with two attached hydrogens (primary N) is 1. The number of hydrogen-bond donors (Lipinski definition) is 3. The molecule has 390 valence electrons. The van der Waals surface area contributed by atoms with Gasteiger partial charge in [-0.25, -0.2) is 14.6 Å². The van der Waals surface area contributed by atoms with E-state index in [9.17, 15) is 10.0 Å². The van der Waals surface area contributed by atoms with Crippen LogP contribution in [0.2, 0.25) is 0 Å². The topological polar surface area (TPSA) is 293 Å². The van der Waals surface area contributed by atoms with Gasteiger partial charge in [0.15, 0.2) is 11.6 Å². The number of ether oxygens (including phenoxy) is 2. The lowest BCUT2D eigenvalue weighted by Gasteiger charge is -2.34. The molecule has 1 saturated carbocycles. The van der Waals surface area contributed by atoms with Crippen molar-refractivity contribution in [3.05, 3.63) is 59.6 Å². The quantitative estimate of drug-likeness (QED) is 0.0551. The summed E-state index contributed by atoms with van der Waals surface area (Å²) in [6.45, 7) is 5.11. The first-order chi connectivity index (χ1) is 37.4. The third-order valence-electron chi connectivity index (χ3n) is 8.99. The Hall–Kier alpha value is -12.3. The van der Waals surface area contributed by atoms with Crippen molar-refractivity contribution in [3.63, 3.8) is 0 Å².